The molecule has 2 N–H and O–H groups in total. The molecule has 0 aliphatic rings. The van der Waals surface area contributed by atoms with Crippen LogP contribution < -0.4 is 15.2 Å². The molecule has 2 rings (SSSR count). The second-order valence-corrected chi connectivity index (χ2v) is 5.15. The lowest BCUT2D eigenvalue weighted by Crippen LogP contribution is -2.18. The highest BCUT2D eigenvalue weighted by atomic mass is 19.4. The predicted molar refractivity (Wildman–Crippen MR) is 82.6 cm³/mol. The molecule has 2 aromatic carbocycles. The van der Waals surface area contributed by atoms with Gasteiger partial charge in [-0.15, -0.1) is 13.2 Å². The summed E-state index contributed by atoms with van der Waals surface area (Å²) >= 11 is 0. The summed E-state index contributed by atoms with van der Waals surface area (Å²) in [6.07, 6.45) is -4.79. The van der Waals surface area contributed by atoms with E-state index in [9.17, 15) is 13.2 Å². The van der Waals surface area contributed by atoms with Gasteiger partial charge in [-0.25, -0.2) is 0 Å². The lowest BCUT2D eigenvalue weighted by molar-refractivity contribution is -0.275. The van der Waals surface area contributed by atoms with E-state index in [1.54, 1.807) is 6.07 Å². The third-order valence-electron chi connectivity index (χ3n) is 3.39. The molecule has 0 bridgehead atoms. The maximum absolute atomic E-state index is 12.6. The van der Waals surface area contributed by atoms with Gasteiger partial charge in [-0.2, -0.15) is 0 Å². The third kappa shape index (κ3) is 4.63. The van der Waals surface area contributed by atoms with E-state index >= 15 is 0 Å². The van der Waals surface area contributed by atoms with E-state index in [1.165, 1.54) is 12.1 Å². The van der Waals surface area contributed by atoms with E-state index < -0.39 is 6.36 Å². The molecule has 2 aromatic rings. The van der Waals surface area contributed by atoms with E-state index in [0.717, 1.165) is 16.7 Å². The Labute approximate surface area is 132 Å². The maximum atomic E-state index is 12.6. The molecule has 0 atom stereocenters. The fraction of sp³-hybridized carbons (Fsp3) is 0.294. The van der Waals surface area contributed by atoms with Crippen molar-refractivity contribution in [3.8, 4) is 22.6 Å². The molecule has 0 heterocycles. The minimum absolute atomic E-state index is 0.0142. The van der Waals surface area contributed by atoms with Crippen molar-refractivity contribution in [1.29, 1.82) is 0 Å². The molecule has 0 spiro atoms. The molecule has 0 amide bonds. The van der Waals surface area contributed by atoms with Gasteiger partial charge in [-0.05, 0) is 48.2 Å². The number of hydrogen-bond acceptors (Lipinski definition) is 3. The lowest BCUT2D eigenvalue weighted by Gasteiger charge is -2.15. The Hall–Kier alpha value is -2.21. The van der Waals surface area contributed by atoms with Gasteiger partial charge in [0.1, 0.15) is 6.61 Å². The minimum atomic E-state index is -4.79. The topological polar surface area (TPSA) is 44.5 Å². The van der Waals surface area contributed by atoms with Gasteiger partial charge in [-0.1, -0.05) is 24.3 Å². The van der Waals surface area contributed by atoms with Gasteiger partial charge >= 0.3 is 6.36 Å². The van der Waals surface area contributed by atoms with Crippen LogP contribution >= 0.6 is 0 Å². The van der Waals surface area contributed by atoms with Crippen molar-refractivity contribution in [3.05, 3.63) is 47.5 Å². The molecule has 0 saturated carbocycles. The molecule has 0 saturated heterocycles. The van der Waals surface area contributed by atoms with Gasteiger partial charge in [0.2, 0.25) is 0 Å². The van der Waals surface area contributed by atoms with Gasteiger partial charge in [0.05, 0.1) is 0 Å². The second-order valence-electron chi connectivity index (χ2n) is 5.15. The summed E-state index contributed by atoms with van der Waals surface area (Å²) in [6, 6.07) is 10.2. The Morgan fingerprint density at radius 3 is 2.17 bits per heavy atom. The SMILES string of the molecule is Cc1ccc(-c2ccc(OCCN)c(OC(F)(F)F)c2)cc1C. The Balaban J connectivity index is 2.41. The van der Waals surface area contributed by atoms with E-state index in [1.807, 2.05) is 32.0 Å². The van der Waals surface area contributed by atoms with Gasteiger partial charge in [-0.3, -0.25) is 0 Å². The molecule has 0 unspecified atom stereocenters. The van der Waals surface area contributed by atoms with Crippen LogP contribution in [-0.4, -0.2) is 19.5 Å². The van der Waals surface area contributed by atoms with Crippen molar-refractivity contribution in [2.75, 3.05) is 13.2 Å². The third-order valence-corrected chi connectivity index (χ3v) is 3.39. The fourth-order valence-electron chi connectivity index (χ4n) is 2.10. The van der Waals surface area contributed by atoms with E-state index in [4.69, 9.17) is 10.5 Å². The highest BCUT2D eigenvalue weighted by Gasteiger charge is 2.32. The summed E-state index contributed by atoms with van der Waals surface area (Å²) < 4.78 is 47.1. The molecule has 0 aliphatic heterocycles. The van der Waals surface area contributed by atoms with Crippen molar-refractivity contribution in [3.63, 3.8) is 0 Å². The van der Waals surface area contributed by atoms with Crippen LogP contribution in [0.3, 0.4) is 0 Å². The Morgan fingerprint density at radius 2 is 1.57 bits per heavy atom. The standard InChI is InChI=1S/C17H18F3NO2/c1-11-3-4-13(9-12(11)2)14-5-6-15(22-8-7-21)16(10-14)23-17(18,19)20/h3-6,9-10H,7-8,21H2,1-2H3. The number of alkyl halides is 3. The normalized spacial score (nSPS) is 11.4. The zero-order valence-corrected chi connectivity index (χ0v) is 12.9. The first-order valence-electron chi connectivity index (χ1n) is 7.10. The highest BCUT2D eigenvalue weighted by molar-refractivity contribution is 5.68. The Kier molecular flexibility index (Phi) is 5.15. The predicted octanol–water partition coefficient (Wildman–Crippen LogP) is 4.21. The van der Waals surface area contributed by atoms with Crippen LogP contribution in [0.2, 0.25) is 0 Å². The summed E-state index contributed by atoms with van der Waals surface area (Å²) in [6.45, 7) is 4.23. The quantitative estimate of drug-likeness (QED) is 0.896. The zero-order valence-electron chi connectivity index (χ0n) is 12.9. The van der Waals surface area contributed by atoms with Crippen LogP contribution in [0, 0.1) is 13.8 Å². The molecule has 0 radical (unpaired) electrons. The summed E-state index contributed by atoms with van der Waals surface area (Å²) in [5, 5.41) is 0. The number of halogens is 3. The van der Waals surface area contributed by atoms with Gasteiger partial charge in [0.15, 0.2) is 11.5 Å². The zero-order chi connectivity index (χ0) is 17.0. The molecular weight excluding hydrogens is 307 g/mol. The van der Waals surface area contributed by atoms with Gasteiger partial charge < -0.3 is 15.2 Å². The average molecular weight is 325 g/mol. The number of rotatable bonds is 5. The van der Waals surface area contributed by atoms with Crippen LogP contribution in [-0.2, 0) is 0 Å². The summed E-state index contributed by atoms with van der Waals surface area (Å²) in [4.78, 5) is 0. The summed E-state index contributed by atoms with van der Waals surface area (Å²) in [5.74, 6) is -0.359. The van der Waals surface area contributed by atoms with E-state index in [2.05, 4.69) is 4.74 Å². The van der Waals surface area contributed by atoms with Crippen molar-refractivity contribution in [2.24, 2.45) is 5.73 Å². The fourth-order valence-corrected chi connectivity index (χ4v) is 2.10. The monoisotopic (exact) mass is 325 g/mol. The number of nitrogens with two attached hydrogens (primary N) is 1. The number of aryl methyl sites for hydroxylation is 2. The van der Waals surface area contributed by atoms with Crippen LogP contribution in [0.1, 0.15) is 11.1 Å². The summed E-state index contributed by atoms with van der Waals surface area (Å²) in [7, 11) is 0. The van der Waals surface area contributed by atoms with Crippen molar-refractivity contribution in [1.82, 2.24) is 0 Å². The molecule has 3 nitrogen and oxygen atoms in total. The maximum Gasteiger partial charge on any atom is 0.573 e. The average Bonchev–Trinajstić information content (AvgIpc) is 2.47. The van der Waals surface area contributed by atoms with Crippen molar-refractivity contribution in [2.45, 2.75) is 20.2 Å². The first kappa shape index (κ1) is 17.1. The smallest absolute Gasteiger partial charge is 0.488 e. The molecule has 0 aromatic heterocycles. The van der Waals surface area contributed by atoms with Crippen LogP contribution in [0.4, 0.5) is 13.2 Å². The van der Waals surface area contributed by atoms with E-state index in [0.29, 0.717) is 5.56 Å². The van der Waals surface area contributed by atoms with Gasteiger partial charge in [0.25, 0.3) is 0 Å². The Morgan fingerprint density at radius 1 is 0.913 bits per heavy atom. The molecule has 23 heavy (non-hydrogen) atoms. The lowest BCUT2D eigenvalue weighted by atomic mass is 10.0. The van der Waals surface area contributed by atoms with Crippen LogP contribution in [0.25, 0.3) is 11.1 Å². The van der Waals surface area contributed by atoms with Crippen molar-refractivity contribution >= 4 is 0 Å². The molecule has 0 fully saturated rings. The van der Waals surface area contributed by atoms with Crippen molar-refractivity contribution < 1.29 is 22.6 Å². The summed E-state index contributed by atoms with van der Waals surface area (Å²) in [5.41, 5.74) is 8.92. The first-order chi connectivity index (χ1) is 10.8. The number of ether oxygens (including phenoxy) is 2. The molecule has 6 heteroatoms. The first-order valence-corrected chi connectivity index (χ1v) is 7.10. The van der Waals surface area contributed by atoms with Crippen LogP contribution in [0.15, 0.2) is 36.4 Å². The minimum Gasteiger partial charge on any atom is -0.488 e. The Bertz CT molecular complexity index is 684. The molecule has 124 valence electrons. The number of benzene rings is 2. The van der Waals surface area contributed by atoms with Crippen LogP contribution in [0.5, 0.6) is 11.5 Å². The second kappa shape index (κ2) is 6.91. The highest BCUT2D eigenvalue weighted by Crippen LogP contribution is 2.36. The van der Waals surface area contributed by atoms with E-state index in [-0.39, 0.29) is 24.7 Å². The molecular formula is C17H18F3NO2. The number of hydrogen-bond donors (Lipinski definition) is 1. The molecule has 0 aliphatic carbocycles. The largest absolute Gasteiger partial charge is 0.573 e. The van der Waals surface area contributed by atoms with Gasteiger partial charge in [0, 0.05) is 6.54 Å².